The number of fused-ring (bicyclic) bond motifs is 1. The van der Waals surface area contributed by atoms with Gasteiger partial charge in [0.1, 0.15) is 5.52 Å². The molecule has 4 aromatic rings. The van der Waals surface area contributed by atoms with E-state index >= 15 is 0 Å². The number of benzene rings is 2. The number of hydrogen-bond acceptors (Lipinski definition) is 5. The Morgan fingerprint density at radius 2 is 1.87 bits per heavy atom. The van der Waals surface area contributed by atoms with Gasteiger partial charge in [0.2, 0.25) is 5.95 Å². The van der Waals surface area contributed by atoms with Crippen molar-refractivity contribution < 1.29 is 14.7 Å². The van der Waals surface area contributed by atoms with Crippen LogP contribution in [0.4, 0.5) is 10.7 Å². The number of halogens is 1. The summed E-state index contributed by atoms with van der Waals surface area (Å²) in [5.41, 5.74) is 2.41. The van der Waals surface area contributed by atoms with Crippen molar-refractivity contribution in [2.45, 2.75) is 31.8 Å². The van der Waals surface area contributed by atoms with Crippen LogP contribution in [0.25, 0.3) is 11.0 Å². The van der Waals surface area contributed by atoms with Crippen molar-refractivity contribution >= 4 is 40.5 Å². The molecule has 0 bridgehead atoms. The largest absolute Gasteiger partial charge is 0.465 e. The maximum absolute atomic E-state index is 13.7. The minimum Gasteiger partial charge on any atom is -0.465 e. The zero-order chi connectivity index (χ0) is 26.8. The van der Waals surface area contributed by atoms with Crippen LogP contribution in [-0.4, -0.2) is 50.2 Å². The van der Waals surface area contributed by atoms with E-state index in [1.165, 1.54) is 4.57 Å². The van der Waals surface area contributed by atoms with Gasteiger partial charge in [0.15, 0.2) is 5.78 Å². The van der Waals surface area contributed by atoms with Crippen molar-refractivity contribution in [3.05, 3.63) is 92.9 Å². The van der Waals surface area contributed by atoms with E-state index in [0.717, 1.165) is 17.5 Å². The third-order valence-corrected chi connectivity index (χ3v) is 7.30. The predicted molar refractivity (Wildman–Crippen MR) is 146 cm³/mol. The van der Waals surface area contributed by atoms with Gasteiger partial charge in [-0.2, -0.15) is 0 Å². The number of ketones is 1. The van der Waals surface area contributed by atoms with Crippen LogP contribution in [0.3, 0.4) is 0 Å². The van der Waals surface area contributed by atoms with Crippen molar-refractivity contribution in [2.24, 2.45) is 7.05 Å². The number of rotatable bonds is 7. The Kier molecular flexibility index (Phi) is 7.20. The zero-order valence-electron chi connectivity index (χ0n) is 20.9. The van der Waals surface area contributed by atoms with Gasteiger partial charge in [-0.15, -0.1) is 0 Å². The molecule has 1 saturated heterocycles. The Bertz CT molecular complexity index is 1560. The van der Waals surface area contributed by atoms with Gasteiger partial charge in [-0.1, -0.05) is 60.1 Å². The average molecular weight is 534 g/mol. The van der Waals surface area contributed by atoms with Gasteiger partial charge in [0.25, 0.3) is 5.56 Å². The Morgan fingerprint density at radius 3 is 2.61 bits per heavy atom. The number of carboxylic acid groups (broad SMARTS) is 1. The minimum absolute atomic E-state index is 0.168. The number of nitrogens with zero attached hydrogens (tertiary/aromatic N) is 4. The Morgan fingerprint density at radius 1 is 1.13 bits per heavy atom. The molecular formula is C28H28ClN5O4. The summed E-state index contributed by atoms with van der Waals surface area (Å²) in [6.45, 7) is 1.37. The van der Waals surface area contributed by atoms with E-state index in [1.807, 2.05) is 58.0 Å². The molecule has 2 aromatic heterocycles. The van der Waals surface area contributed by atoms with Gasteiger partial charge in [-0.05, 0) is 36.1 Å². The smallest absolute Gasteiger partial charge is 0.404 e. The highest BCUT2D eigenvalue weighted by Crippen LogP contribution is 2.27. The van der Waals surface area contributed by atoms with Crippen LogP contribution in [0.15, 0.2) is 65.5 Å². The second-order valence-corrected chi connectivity index (χ2v) is 9.94. The van der Waals surface area contributed by atoms with Crippen LogP contribution in [0.5, 0.6) is 0 Å². The van der Waals surface area contributed by atoms with Gasteiger partial charge >= 0.3 is 6.09 Å². The molecule has 1 aliphatic rings. The van der Waals surface area contributed by atoms with Crippen LogP contribution in [0.1, 0.15) is 34.5 Å². The van der Waals surface area contributed by atoms with E-state index in [0.29, 0.717) is 48.1 Å². The lowest BCUT2D eigenvalue weighted by Gasteiger charge is -2.33. The molecule has 1 aliphatic heterocycles. The van der Waals surface area contributed by atoms with Crippen molar-refractivity contribution in [3.8, 4) is 0 Å². The summed E-state index contributed by atoms with van der Waals surface area (Å²) in [6, 6.07) is 18.2. The molecule has 1 amide bonds. The molecule has 0 radical (unpaired) electrons. The van der Waals surface area contributed by atoms with Gasteiger partial charge in [-0.3, -0.25) is 9.59 Å². The molecule has 9 nitrogen and oxygen atoms in total. The first kappa shape index (κ1) is 25.5. The normalized spacial score (nSPS) is 15.5. The van der Waals surface area contributed by atoms with Crippen molar-refractivity contribution in [1.82, 2.24) is 19.4 Å². The highest BCUT2D eigenvalue weighted by Gasteiger charge is 2.28. The molecule has 0 saturated carbocycles. The molecule has 3 heterocycles. The predicted octanol–water partition coefficient (Wildman–Crippen LogP) is 4.10. The fraction of sp³-hybridized carbons (Fsp3) is 0.286. The molecule has 2 N–H and O–H groups in total. The SMILES string of the molecule is Cn1c(C(=O)Cc2ccccc2)cc2nc(N3CCC[C@@H](NC(=O)O)C3)n(Cc3ccccc3Cl)c2c1=O. The number of amides is 1. The fourth-order valence-corrected chi connectivity index (χ4v) is 5.25. The summed E-state index contributed by atoms with van der Waals surface area (Å²) >= 11 is 6.48. The number of carbonyl (C=O) groups is 2. The van der Waals surface area contributed by atoms with E-state index < -0.39 is 6.09 Å². The van der Waals surface area contributed by atoms with E-state index in [-0.39, 0.29) is 29.5 Å². The number of Topliss-reactive ketones (excluding diaryl/α,β-unsaturated/α-hetero) is 1. The average Bonchev–Trinajstić information content (AvgIpc) is 3.26. The Hall–Kier alpha value is -4.11. The van der Waals surface area contributed by atoms with Crippen LogP contribution < -0.4 is 15.8 Å². The maximum Gasteiger partial charge on any atom is 0.404 e. The summed E-state index contributed by atoms with van der Waals surface area (Å²) < 4.78 is 3.21. The van der Waals surface area contributed by atoms with Crippen molar-refractivity contribution in [2.75, 3.05) is 18.0 Å². The minimum atomic E-state index is -1.07. The van der Waals surface area contributed by atoms with E-state index in [9.17, 15) is 19.5 Å². The molecule has 1 atom stereocenters. The maximum atomic E-state index is 13.7. The van der Waals surface area contributed by atoms with E-state index in [4.69, 9.17) is 16.6 Å². The monoisotopic (exact) mass is 533 g/mol. The first-order chi connectivity index (χ1) is 18.3. The summed E-state index contributed by atoms with van der Waals surface area (Å²) in [6.07, 6.45) is 0.574. The van der Waals surface area contributed by atoms with E-state index in [1.54, 1.807) is 19.2 Å². The van der Waals surface area contributed by atoms with Gasteiger partial charge in [0.05, 0.1) is 17.8 Å². The zero-order valence-corrected chi connectivity index (χ0v) is 21.7. The molecule has 5 rings (SSSR count). The molecule has 1 fully saturated rings. The molecule has 196 valence electrons. The lowest BCUT2D eigenvalue weighted by Crippen LogP contribution is -2.48. The first-order valence-corrected chi connectivity index (χ1v) is 12.8. The van der Waals surface area contributed by atoms with Gasteiger partial charge in [0, 0.05) is 37.6 Å². The van der Waals surface area contributed by atoms with Crippen molar-refractivity contribution in [1.29, 1.82) is 0 Å². The molecule has 2 aromatic carbocycles. The summed E-state index contributed by atoms with van der Waals surface area (Å²) in [5, 5.41) is 12.4. The third-order valence-electron chi connectivity index (χ3n) is 6.93. The second-order valence-electron chi connectivity index (χ2n) is 9.54. The molecule has 0 unspecified atom stereocenters. The molecular weight excluding hydrogens is 506 g/mol. The standard InChI is InChI=1S/C28H28ClN5O4/c1-32-23(24(35)14-18-8-3-2-4-9-18)15-22-25(26(32)36)34(16-19-10-5-6-12-21(19)29)27(31-22)33-13-7-11-20(17-33)30-28(37)38/h2-6,8-10,12,15,20,30H,7,11,13-14,16-17H2,1H3,(H,37,38)/t20-/m1/s1. The lowest BCUT2D eigenvalue weighted by molar-refractivity contribution is 0.0984. The topological polar surface area (TPSA) is 109 Å². The number of nitrogens with one attached hydrogen (secondary N) is 1. The highest BCUT2D eigenvalue weighted by atomic mass is 35.5. The van der Waals surface area contributed by atoms with E-state index in [2.05, 4.69) is 5.32 Å². The van der Waals surface area contributed by atoms with Gasteiger partial charge < -0.3 is 24.5 Å². The quantitative estimate of drug-likeness (QED) is 0.346. The number of aromatic nitrogens is 3. The number of imidazole rings is 1. The summed E-state index contributed by atoms with van der Waals surface area (Å²) in [4.78, 5) is 45.0. The molecule has 38 heavy (non-hydrogen) atoms. The summed E-state index contributed by atoms with van der Waals surface area (Å²) in [7, 11) is 1.60. The van der Waals surface area contributed by atoms with Crippen LogP contribution >= 0.6 is 11.6 Å². The van der Waals surface area contributed by atoms with Crippen LogP contribution in [0.2, 0.25) is 5.02 Å². The number of anilines is 1. The molecule has 0 aliphatic carbocycles. The Balaban J connectivity index is 1.61. The number of hydrogen-bond donors (Lipinski definition) is 2. The van der Waals surface area contributed by atoms with Crippen LogP contribution in [0, 0.1) is 0 Å². The Labute approximate surface area is 224 Å². The third kappa shape index (κ3) is 5.15. The molecule has 10 heteroatoms. The number of pyridine rings is 1. The lowest BCUT2D eigenvalue weighted by atomic mass is 10.1. The number of piperidine rings is 1. The van der Waals surface area contributed by atoms with Gasteiger partial charge in [-0.25, -0.2) is 9.78 Å². The second kappa shape index (κ2) is 10.7. The van der Waals surface area contributed by atoms with Crippen molar-refractivity contribution in [3.63, 3.8) is 0 Å². The van der Waals surface area contributed by atoms with Crippen LogP contribution in [-0.2, 0) is 20.0 Å². The summed E-state index contributed by atoms with van der Waals surface area (Å²) in [5.74, 6) is 0.366. The highest BCUT2D eigenvalue weighted by molar-refractivity contribution is 6.31. The molecule has 0 spiro atoms. The fourth-order valence-electron chi connectivity index (χ4n) is 5.06. The first-order valence-electron chi connectivity index (χ1n) is 12.5. The number of carbonyl (C=O) groups excluding carboxylic acids is 1.